The van der Waals surface area contributed by atoms with Crippen molar-refractivity contribution in [3.8, 4) is 5.75 Å². The lowest BCUT2D eigenvalue weighted by atomic mass is 9.92. The van der Waals surface area contributed by atoms with Crippen LogP contribution in [0.15, 0.2) is 24.3 Å². The Morgan fingerprint density at radius 2 is 2.21 bits per heavy atom. The zero-order valence-corrected chi connectivity index (χ0v) is 10.8. The fourth-order valence-electron chi connectivity index (χ4n) is 2.08. The highest BCUT2D eigenvalue weighted by Crippen LogP contribution is 2.33. The smallest absolute Gasteiger partial charge is 0.308 e. The molecule has 0 radical (unpaired) electrons. The number of carboxylic acids is 1. The van der Waals surface area contributed by atoms with Crippen LogP contribution in [0, 0.1) is 5.92 Å². The summed E-state index contributed by atoms with van der Waals surface area (Å²) < 4.78 is 5.49. The van der Waals surface area contributed by atoms with Gasteiger partial charge in [-0.1, -0.05) is 25.1 Å². The molecule has 0 aromatic heterocycles. The Kier molecular flexibility index (Phi) is 4.04. The number of benzene rings is 1. The number of rotatable bonds is 4. The van der Waals surface area contributed by atoms with Crippen molar-refractivity contribution in [2.24, 2.45) is 5.92 Å². The number of aliphatic carboxylic acids is 1. The predicted octanol–water partition coefficient (Wildman–Crippen LogP) is 1.39. The van der Waals surface area contributed by atoms with Crippen molar-refractivity contribution in [2.75, 3.05) is 13.2 Å². The topological polar surface area (TPSA) is 75.6 Å². The number of carboxylic acid groups (broad SMARTS) is 1. The number of carbonyl (C=O) groups excluding carboxylic acids is 1. The molecule has 1 aromatic rings. The number of nitrogens with one attached hydrogen (secondary N) is 1. The van der Waals surface area contributed by atoms with Gasteiger partial charge in [0.1, 0.15) is 5.75 Å². The van der Waals surface area contributed by atoms with E-state index in [2.05, 4.69) is 5.32 Å². The molecule has 0 spiro atoms. The molecule has 1 amide bonds. The van der Waals surface area contributed by atoms with Gasteiger partial charge in [0.2, 0.25) is 5.91 Å². The van der Waals surface area contributed by atoms with Gasteiger partial charge in [0.05, 0.1) is 18.4 Å². The molecule has 1 aromatic carbocycles. The first kappa shape index (κ1) is 13.4. The van der Waals surface area contributed by atoms with Crippen LogP contribution in [0.2, 0.25) is 0 Å². The maximum Gasteiger partial charge on any atom is 0.308 e. The van der Waals surface area contributed by atoms with Crippen molar-refractivity contribution in [2.45, 2.75) is 19.3 Å². The molecule has 5 nitrogen and oxygen atoms in total. The third-order valence-corrected chi connectivity index (χ3v) is 3.28. The molecule has 19 heavy (non-hydrogen) atoms. The van der Waals surface area contributed by atoms with Crippen molar-refractivity contribution >= 4 is 11.9 Å². The van der Waals surface area contributed by atoms with E-state index in [-0.39, 0.29) is 18.4 Å². The van der Waals surface area contributed by atoms with E-state index in [1.165, 1.54) is 0 Å². The molecule has 2 atom stereocenters. The Balaban J connectivity index is 2.03. The lowest BCUT2D eigenvalue weighted by molar-refractivity contribution is -0.141. The minimum absolute atomic E-state index is 0.135. The largest absolute Gasteiger partial charge is 0.493 e. The molecule has 0 saturated heterocycles. The van der Waals surface area contributed by atoms with Crippen LogP contribution in [0.4, 0.5) is 0 Å². The number of amides is 1. The molecule has 0 bridgehead atoms. The molecule has 0 fully saturated rings. The van der Waals surface area contributed by atoms with Crippen LogP contribution in [0.3, 0.4) is 0 Å². The van der Waals surface area contributed by atoms with Gasteiger partial charge < -0.3 is 15.2 Å². The number of carbonyl (C=O) groups is 2. The van der Waals surface area contributed by atoms with Crippen molar-refractivity contribution in [3.05, 3.63) is 29.8 Å². The lowest BCUT2D eigenvalue weighted by Gasteiger charge is -2.25. The van der Waals surface area contributed by atoms with Gasteiger partial charge in [-0.25, -0.2) is 0 Å². The maximum absolute atomic E-state index is 12.1. The zero-order chi connectivity index (χ0) is 13.8. The van der Waals surface area contributed by atoms with E-state index < -0.39 is 11.9 Å². The molecular formula is C14H17NO4. The Bertz CT molecular complexity index is 486. The zero-order valence-electron chi connectivity index (χ0n) is 10.8. The standard InChI is InChI=1S/C14H17NO4/c1-9(14(17)18)8-15-13(16)11-6-7-19-12-5-3-2-4-10(11)12/h2-5,9,11H,6-8H2,1H3,(H,15,16)(H,17,18)/t9-,11+/m0/s1. The van der Waals surface area contributed by atoms with Gasteiger partial charge in [0.25, 0.3) is 0 Å². The van der Waals surface area contributed by atoms with E-state index in [1.54, 1.807) is 6.92 Å². The number of para-hydroxylation sites is 1. The maximum atomic E-state index is 12.1. The van der Waals surface area contributed by atoms with Crippen LogP contribution in [-0.2, 0) is 9.59 Å². The quantitative estimate of drug-likeness (QED) is 0.860. The van der Waals surface area contributed by atoms with Gasteiger partial charge in [-0.3, -0.25) is 9.59 Å². The number of fused-ring (bicyclic) bond motifs is 1. The molecule has 2 rings (SSSR count). The summed E-state index contributed by atoms with van der Waals surface area (Å²) in [5.74, 6) is -1.15. The average molecular weight is 263 g/mol. The summed E-state index contributed by atoms with van der Waals surface area (Å²) in [4.78, 5) is 22.8. The van der Waals surface area contributed by atoms with Crippen molar-refractivity contribution < 1.29 is 19.4 Å². The van der Waals surface area contributed by atoms with E-state index in [0.717, 1.165) is 11.3 Å². The summed E-state index contributed by atoms with van der Waals surface area (Å²) in [6.45, 7) is 2.22. The summed E-state index contributed by atoms with van der Waals surface area (Å²) >= 11 is 0. The van der Waals surface area contributed by atoms with Crippen LogP contribution >= 0.6 is 0 Å². The monoisotopic (exact) mass is 263 g/mol. The van der Waals surface area contributed by atoms with Crippen LogP contribution < -0.4 is 10.1 Å². The highest BCUT2D eigenvalue weighted by molar-refractivity contribution is 5.85. The summed E-state index contributed by atoms with van der Waals surface area (Å²) in [5.41, 5.74) is 0.870. The Morgan fingerprint density at radius 1 is 1.47 bits per heavy atom. The number of hydrogen-bond acceptors (Lipinski definition) is 3. The Hall–Kier alpha value is -2.04. The van der Waals surface area contributed by atoms with E-state index in [0.29, 0.717) is 13.0 Å². The summed E-state index contributed by atoms with van der Waals surface area (Å²) in [5, 5.41) is 11.5. The van der Waals surface area contributed by atoms with Crippen LogP contribution in [0.25, 0.3) is 0 Å². The molecule has 0 saturated carbocycles. The van der Waals surface area contributed by atoms with Crippen LogP contribution in [-0.4, -0.2) is 30.1 Å². The minimum atomic E-state index is -0.910. The van der Waals surface area contributed by atoms with Gasteiger partial charge >= 0.3 is 5.97 Å². The van der Waals surface area contributed by atoms with E-state index >= 15 is 0 Å². The minimum Gasteiger partial charge on any atom is -0.493 e. The first-order valence-electron chi connectivity index (χ1n) is 6.32. The molecular weight excluding hydrogens is 246 g/mol. The molecule has 1 aliphatic heterocycles. The second-order valence-electron chi connectivity index (χ2n) is 4.71. The molecule has 0 unspecified atom stereocenters. The highest BCUT2D eigenvalue weighted by atomic mass is 16.5. The fraction of sp³-hybridized carbons (Fsp3) is 0.429. The van der Waals surface area contributed by atoms with Crippen molar-refractivity contribution in [1.29, 1.82) is 0 Å². The van der Waals surface area contributed by atoms with Gasteiger partial charge in [0.15, 0.2) is 0 Å². The Labute approximate surface area is 111 Å². The molecule has 2 N–H and O–H groups in total. The molecule has 1 heterocycles. The summed E-state index contributed by atoms with van der Waals surface area (Å²) in [6, 6.07) is 7.45. The first-order valence-corrected chi connectivity index (χ1v) is 6.32. The van der Waals surface area contributed by atoms with Gasteiger partial charge in [-0.05, 0) is 12.5 Å². The second-order valence-corrected chi connectivity index (χ2v) is 4.71. The van der Waals surface area contributed by atoms with E-state index in [1.807, 2.05) is 24.3 Å². The lowest BCUT2D eigenvalue weighted by Crippen LogP contribution is -2.36. The molecule has 0 aliphatic carbocycles. The Morgan fingerprint density at radius 3 is 2.95 bits per heavy atom. The van der Waals surface area contributed by atoms with E-state index in [4.69, 9.17) is 9.84 Å². The molecule has 102 valence electrons. The summed E-state index contributed by atoms with van der Waals surface area (Å²) in [6.07, 6.45) is 0.615. The normalized spacial score (nSPS) is 18.9. The molecule has 1 aliphatic rings. The first-order chi connectivity index (χ1) is 9.09. The van der Waals surface area contributed by atoms with Crippen molar-refractivity contribution in [3.63, 3.8) is 0 Å². The highest BCUT2D eigenvalue weighted by Gasteiger charge is 2.27. The van der Waals surface area contributed by atoms with Crippen molar-refractivity contribution in [1.82, 2.24) is 5.32 Å². The fourth-order valence-corrected chi connectivity index (χ4v) is 2.08. The number of ether oxygens (including phenoxy) is 1. The van der Waals surface area contributed by atoms with Gasteiger partial charge in [0, 0.05) is 12.1 Å². The number of hydrogen-bond donors (Lipinski definition) is 2. The summed E-state index contributed by atoms with van der Waals surface area (Å²) in [7, 11) is 0. The second kappa shape index (κ2) is 5.73. The third-order valence-electron chi connectivity index (χ3n) is 3.28. The molecule has 5 heteroatoms. The van der Waals surface area contributed by atoms with Gasteiger partial charge in [-0.15, -0.1) is 0 Å². The third kappa shape index (κ3) is 3.05. The predicted molar refractivity (Wildman–Crippen MR) is 69.1 cm³/mol. The average Bonchev–Trinajstić information content (AvgIpc) is 2.43. The van der Waals surface area contributed by atoms with Gasteiger partial charge in [-0.2, -0.15) is 0 Å². The van der Waals surface area contributed by atoms with Crippen LogP contribution in [0.5, 0.6) is 5.75 Å². The SMILES string of the molecule is C[C@@H](CNC(=O)[C@@H]1CCOc2ccccc21)C(=O)O. The van der Waals surface area contributed by atoms with E-state index in [9.17, 15) is 9.59 Å². The van der Waals surface area contributed by atoms with Crippen LogP contribution in [0.1, 0.15) is 24.8 Å².